The summed E-state index contributed by atoms with van der Waals surface area (Å²) in [6.45, 7) is 9.74. The molecule has 2 unspecified atom stereocenters. The highest BCUT2D eigenvalue weighted by Crippen LogP contribution is 2.32. The van der Waals surface area contributed by atoms with E-state index in [-0.39, 0.29) is 29.6 Å². The molecular weight excluding hydrogens is 380 g/mol. The predicted octanol–water partition coefficient (Wildman–Crippen LogP) is 4.22. The monoisotopic (exact) mass is 424 g/mol. The first-order valence-corrected chi connectivity index (χ1v) is 11.9. The molecule has 6 nitrogen and oxygen atoms in total. The van der Waals surface area contributed by atoms with Crippen molar-refractivity contribution < 1.29 is 19.1 Å². The maximum atomic E-state index is 12.9. The molecule has 6 heteroatoms. The zero-order valence-corrected chi connectivity index (χ0v) is 20.0. The quantitative estimate of drug-likeness (QED) is 0.363. The lowest BCUT2D eigenvalue weighted by atomic mass is 9.79. The smallest absolute Gasteiger partial charge is 0.328 e. The summed E-state index contributed by atoms with van der Waals surface area (Å²) in [7, 11) is 1.31. The van der Waals surface area contributed by atoms with E-state index in [9.17, 15) is 14.4 Å². The Morgan fingerprint density at radius 1 is 0.867 bits per heavy atom. The first-order chi connectivity index (χ1) is 14.2. The lowest BCUT2D eigenvalue weighted by Gasteiger charge is -2.31. The predicted molar refractivity (Wildman–Crippen MR) is 120 cm³/mol. The number of carbonyl (C=O) groups is 3. The Balaban J connectivity index is 2.57. The summed E-state index contributed by atoms with van der Waals surface area (Å²) in [4.78, 5) is 37.6. The van der Waals surface area contributed by atoms with Gasteiger partial charge in [0.05, 0.1) is 7.11 Å². The number of methoxy groups -OCH3 is 1. The Morgan fingerprint density at radius 3 is 1.97 bits per heavy atom. The van der Waals surface area contributed by atoms with Crippen molar-refractivity contribution >= 4 is 17.8 Å². The standard InChI is InChI=1S/C24H44N2O4/c1-7-8-9-10-11-18-12-14-19(15-13-18)22(27)25-20(16(2)3)23(28)26-21(17(4)5)24(29)30-6/h16-21H,7-15H2,1-6H3,(H,25,27)(H,26,28). The minimum atomic E-state index is -0.719. The third-order valence-electron chi connectivity index (χ3n) is 6.35. The van der Waals surface area contributed by atoms with Gasteiger partial charge in [-0.05, 0) is 43.4 Å². The van der Waals surface area contributed by atoms with Crippen molar-refractivity contribution in [2.24, 2.45) is 23.7 Å². The molecule has 30 heavy (non-hydrogen) atoms. The van der Waals surface area contributed by atoms with Gasteiger partial charge in [-0.3, -0.25) is 9.59 Å². The largest absolute Gasteiger partial charge is 0.467 e. The van der Waals surface area contributed by atoms with E-state index < -0.39 is 18.1 Å². The van der Waals surface area contributed by atoms with Crippen LogP contribution in [0.5, 0.6) is 0 Å². The molecule has 1 saturated carbocycles. The molecule has 2 atom stereocenters. The van der Waals surface area contributed by atoms with Crippen molar-refractivity contribution in [3.05, 3.63) is 0 Å². The highest BCUT2D eigenvalue weighted by molar-refractivity contribution is 5.91. The number of rotatable bonds is 12. The Kier molecular flexibility index (Phi) is 12.0. The molecule has 1 rings (SSSR count). The van der Waals surface area contributed by atoms with E-state index in [1.165, 1.54) is 39.2 Å². The van der Waals surface area contributed by atoms with E-state index in [0.29, 0.717) is 0 Å². The highest BCUT2D eigenvalue weighted by Gasteiger charge is 2.33. The summed E-state index contributed by atoms with van der Waals surface area (Å²) in [5.41, 5.74) is 0. The molecule has 174 valence electrons. The zero-order chi connectivity index (χ0) is 22.7. The second-order valence-corrected chi connectivity index (χ2v) is 9.55. The summed E-state index contributed by atoms with van der Waals surface area (Å²) in [6.07, 6.45) is 10.4. The van der Waals surface area contributed by atoms with Crippen molar-refractivity contribution in [2.75, 3.05) is 7.11 Å². The molecule has 0 saturated heterocycles. The summed E-state index contributed by atoms with van der Waals surface area (Å²) in [5.74, 6) is -0.287. The van der Waals surface area contributed by atoms with Crippen LogP contribution in [0.25, 0.3) is 0 Å². The average Bonchev–Trinajstić information content (AvgIpc) is 2.72. The highest BCUT2D eigenvalue weighted by atomic mass is 16.5. The molecule has 0 aliphatic heterocycles. The Morgan fingerprint density at radius 2 is 1.47 bits per heavy atom. The topological polar surface area (TPSA) is 84.5 Å². The number of carbonyl (C=O) groups excluding carboxylic acids is 3. The lowest BCUT2D eigenvalue weighted by Crippen LogP contribution is -2.56. The van der Waals surface area contributed by atoms with Crippen molar-refractivity contribution in [2.45, 2.75) is 104 Å². The first-order valence-electron chi connectivity index (χ1n) is 11.9. The number of hydrogen-bond acceptors (Lipinski definition) is 4. The molecule has 0 aromatic carbocycles. The van der Waals surface area contributed by atoms with Gasteiger partial charge >= 0.3 is 5.97 Å². The number of unbranched alkanes of at least 4 members (excludes halogenated alkanes) is 3. The van der Waals surface area contributed by atoms with Crippen molar-refractivity contribution in [1.29, 1.82) is 0 Å². The molecule has 0 bridgehead atoms. The second kappa shape index (κ2) is 13.7. The fraction of sp³-hybridized carbons (Fsp3) is 0.875. The molecule has 1 aliphatic carbocycles. The minimum Gasteiger partial charge on any atom is -0.467 e. The van der Waals surface area contributed by atoms with E-state index in [1.807, 2.05) is 27.7 Å². The van der Waals surface area contributed by atoms with Gasteiger partial charge in [-0.2, -0.15) is 0 Å². The third kappa shape index (κ3) is 8.65. The van der Waals surface area contributed by atoms with Gasteiger partial charge in [-0.25, -0.2) is 4.79 Å². The Labute approximate surface area is 183 Å². The number of hydrogen-bond donors (Lipinski definition) is 2. The molecule has 0 heterocycles. The maximum absolute atomic E-state index is 12.9. The van der Waals surface area contributed by atoms with Crippen molar-refractivity contribution in [1.82, 2.24) is 10.6 Å². The summed E-state index contributed by atoms with van der Waals surface area (Å²) >= 11 is 0. The van der Waals surface area contributed by atoms with Crippen molar-refractivity contribution in [3.63, 3.8) is 0 Å². The van der Waals surface area contributed by atoms with Gasteiger partial charge in [-0.1, -0.05) is 66.7 Å². The van der Waals surface area contributed by atoms with Crippen LogP contribution in [0, 0.1) is 23.7 Å². The normalized spacial score (nSPS) is 21.2. The number of nitrogens with one attached hydrogen (secondary N) is 2. The third-order valence-corrected chi connectivity index (χ3v) is 6.35. The van der Waals surface area contributed by atoms with Crippen LogP contribution in [-0.4, -0.2) is 37.0 Å². The van der Waals surface area contributed by atoms with E-state index in [1.54, 1.807) is 0 Å². The van der Waals surface area contributed by atoms with Gasteiger partial charge in [0.1, 0.15) is 12.1 Å². The zero-order valence-electron chi connectivity index (χ0n) is 20.0. The van der Waals surface area contributed by atoms with E-state index in [2.05, 4.69) is 17.6 Å². The van der Waals surface area contributed by atoms with E-state index >= 15 is 0 Å². The lowest BCUT2D eigenvalue weighted by molar-refractivity contribution is -0.147. The molecule has 0 spiro atoms. The second-order valence-electron chi connectivity index (χ2n) is 9.55. The van der Waals surface area contributed by atoms with Gasteiger partial charge in [0, 0.05) is 5.92 Å². The molecular formula is C24H44N2O4. The number of esters is 1. The molecule has 2 amide bonds. The van der Waals surface area contributed by atoms with Crippen LogP contribution in [0.2, 0.25) is 0 Å². The SMILES string of the molecule is CCCCCCC1CCC(C(=O)NC(C(=O)NC(C(=O)OC)C(C)C)C(C)C)CC1. The van der Waals surface area contributed by atoms with Crippen LogP contribution in [-0.2, 0) is 19.1 Å². The minimum absolute atomic E-state index is 0.0209. The summed E-state index contributed by atoms with van der Waals surface area (Å²) in [6, 6.07) is -1.38. The van der Waals surface area contributed by atoms with Gasteiger partial charge in [0.15, 0.2) is 0 Å². The van der Waals surface area contributed by atoms with Gasteiger partial charge in [-0.15, -0.1) is 0 Å². The Bertz CT molecular complexity index is 539. The Hall–Kier alpha value is -1.59. The van der Waals surface area contributed by atoms with Crippen LogP contribution >= 0.6 is 0 Å². The number of amides is 2. The maximum Gasteiger partial charge on any atom is 0.328 e. The molecule has 1 aliphatic rings. The van der Waals surface area contributed by atoms with Crippen LogP contribution < -0.4 is 10.6 Å². The fourth-order valence-corrected chi connectivity index (χ4v) is 4.25. The number of ether oxygens (including phenoxy) is 1. The molecule has 1 fully saturated rings. The average molecular weight is 425 g/mol. The van der Waals surface area contributed by atoms with Crippen LogP contribution in [0.1, 0.15) is 92.4 Å². The van der Waals surface area contributed by atoms with Crippen LogP contribution in [0.3, 0.4) is 0 Å². The van der Waals surface area contributed by atoms with Gasteiger partial charge in [0.25, 0.3) is 0 Å². The molecule has 0 radical (unpaired) electrons. The van der Waals surface area contributed by atoms with Crippen molar-refractivity contribution in [3.8, 4) is 0 Å². The molecule has 0 aromatic heterocycles. The van der Waals surface area contributed by atoms with Crippen LogP contribution in [0.4, 0.5) is 0 Å². The molecule has 0 aromatic rings. The fourth-order valence-electron chi connectivity index (χ4n) is 4.25. The summed E-state index contributed by atoms with van der Waals surface area (Å²) in [5, 5.41) is 5.73. The van der Waals surface area contributed by atoms with E-state index in [4.69, 9.17) is 4.74 Å². The van der Waals surface area contributed by atoms with E-state index in [0.717, 1.165) is 31.6 Å². The summed E-state index contributed by atoms with van der Waals surface area (Å²) < 4.78 is 4.80. The molecule has 2 N–H and O–H groups in total. The van der Waals surface area contributed by atoms with Gasteiger partial charge in [0.2, 0.25) is 11.8 Å². The van der Waals surface area contributed by atoms with Gasteiger partial charge < -0.3 is 15.4 Å². The van der Waals surface area contributed by atoms with Crippen LogP contribution in [0.15, 0.2) is 0 Å². The first kappa shape index (κ1) is 26.4.